The highest BCUT2D eigenvalue weighted by molar-refractivity contribution is 7.99. The van der Waals surface area contributed by atoms with E-state index in [0.29, 0.717) is 6.04 Å². The highest BCUT2D eigenvalue weighted by Gasteiger charge is 2.11. The van der Waals surface area contributed by atoms with Crippen LogP contribution < -0.4 is 10.6 Å². The monoisotopic (exact) mass is 226 g/mol. The summed E-state index contributed by atoms with van der Waals surface area (Å²) in [6.07, 6.45) is 4.73. The van der Waals surface area contributed by atoms with Gasteiger partial charge >= 0.3 is 0 Å². The van der Waals surface area contributed by atoms with Crippen LogP contribution in [0.1, 0.15) is 12.0 Å². The van der Waals surface area contributed by atoms with Crippen molar-refractivity contribution in [1.82, 2.24) is 10.6 Å². The molecule has 1 unspecified atom stereocenters. The van der Waals surface area contributed by atoms with Gasteiger partial charge in [0.25, 0.3) is 0 Å². The lowest BCUT2D eigenvalue weighted by molar-refractivity contribution is 0.502. The van der Waals surface area contributed by atoms with Crippen molar-refractivity contribution in [2.45, 2.75) is 19.0 Å². The van der Waals surface area contributed by atoms with Gasteiger partial charge in [-0.25, -0.2) is 0 Å². The number of hydrogen-bond donors (Lipinski definition) is 2. The van der Waals surface area contributed by atoms with E-state index in [-0.39, 0.29) is 0 Å². The number of hydrogen-bond acceptors (Lipinski definition) is 4. The molecule has 1 fully saturated rings. The quantitative estimate of drug-likeness (QED) is 0.746. The lowest BCUT2D eigenvalue weighted by Crippen LogP contribution is -2.39. The lowest BCUT2D eigenvalue weighted by atomic mass is 10.2. The van der Waals surface area contributed by atoms with Gasteiger partial charge in [-0.05, 0) is 19.0 Å². The smallest absolute Gasteiger partial charge is 0.0947 e. The van der Waals surface area contributed by atoms with Crippen LogP contribution in [0.25, 0.3) is 0 Å². The van der Waals surface area contributed by atoms with E-state index in [9.17, 15) is 0 Å². The standard InChI is InChI=1S/C11H18N2OS/c1(11-9-15-6-4-13-11)3-12-7-10-2-5-14-8-10/h2,5,8,11-13H,1,3-4,6-7,9H2. The van der Waals surface area contributed by atoms with E-state index in [0.717, 1.165) is 19.6 Å². The van der Waals surface area contributed by atoms with E-state index in [1.165, 1.54) is 23.5 Å². The SMILES string of the molecule is c1cc(CNCCC2CSCCN2)co1. The molecule has 15 heavy (non-hydrogen) atoms. The first-order valence-corrected chi connectivity index (χ1v) is 6.63. The topological polar surface area (TPSA) is 37.2 Å². The van der Waals surface area contributed by atoms with Crippen LogP contribution in [-0.2, 0) is 6.54 Å². The van der Waals surface area contributed by atoms with E-state index in [1.54, 1.807) is 12.5 Å². The van der Waals surface area contributed by atoms with Crippen molar-refractivity contribution in [3.63, 3.8) is 0 Å². The van der Waals surface area contributed by atoms with Crippen LogP contribution in [0.4, 0.5) is 0 Å². The molecule has 1 aromatic rings. The molecule has 0 saturated carbocycles. The van der Waals surface area contributed by atoms with Gasteiger partial charge in [-0.2, -0.15) is 11.8 Å². The molecule has 1 aliphatic heterocycles. The van der Waals surface area contributed by atoms with Crippen molar-refractivity contribution in [3.8, 4) is 0 Å². The highest BCUT2D eigenvalue weighted by atomic mass is 32.2. The van der Waals surface area contributed by atoms with Crippen molar-refractivity contribution in [2.75, 3.05) is 24.6 Å². The average molecular weight is 226 g/mol. The van der Waals surface area contributed by atoms with Gasteiger partial charge in [0, 0.05) is 36.2 Å². The molecule has 1 aromatic heterocycles. The molecule has 0 radical (unpaired) electrons. The second kappa shape index (κ2) is 6.20. The average Bonchev–Trinajstić information content (AvgIpc) is 2.79. The molecule has 2 N–H and O–H groups in total. The summed E-state index contributed by atoms with van der Waals surface area (Å²) in [5.74, 6) is 2.52. The molecule has 1 atom stereocenters. The molecule has 0 spiro atoms. The number of furan rings is 1. The van der Waals surface area contributed by atoms with E-state index in [4.69, 9.17) is 4.42 Å². The first kappa shape index (κ1) is 11.0. The third-order valence-electron chi connectivity index (χ3n) is 2.58. The molecule has 4 heteroatoms. The molecular weight excluding hydrogens is 208 g/mol. The molecule has 0 amide bonds. The predicted octanol–water partition coefficient (Wildman–Crippen LogP) is 1.46. The van der Waals surface area contributed by atoms with E-state index >= 15 is 0 Å². The zero-order chi connectivity index (χ0) is 10.3. The molecular formula is C11H18N2OS. The van der Waals surface area contributed by atoms with Gasteiger partial charge in [-0.3, -0.25) is 0 Å². The Hall–Kier alpha value is -0.450. The predicted molar refractivity (Wildman–Crippen MR) is 64.1 cm³/mol. The summed E-state index contributed by atoms with van der Waals surface area (Å²) < 4.78 is 5.01. The fourth-order valence-electron chi connectivity index (χ4n) is 1.71. The van der Waals surface area contributed by atoms with Crippen LogP contribution in [0.15, 0.2) is 23.0 Å². The van der Waals surface area contributed by atoms with Gasteiger partial charge in [-0.1, -0.05) is 0 Å². The minimum absolute atomic E-state index is 0.695. The van der Waals surface area contributed by atoms with Gasteiger partial charge in [0.15, 0.2) is 0 Å². The Kier molecular flexibility index (Phi) is 4.57. The summed E-state index contributed by atoms with van der Waals surface area (Å²) >= 11 is 2.05. The minimum atomic E-state index is 0.695. The van der Waals surface area contributed by atoms with Crippen molar-refractivity contribution >= 4 is 11.8 Å². The molecule has 2 rings (SSSR count). The fourth-order valence-corrected chi connectivity index (χ4v) is 2.71. The fraction of sp³-hybridized carbons (Fsp3) is 0.636. The maximum atomic E-state index is 5.01. The van der Waals surface area contributed by atoms with Gasteiger partial charge in [-0.15, -0.1) is 0 Å². The van der Waals surface area contributed by atoms with E-state index in [2.05, 4.69) is 22.4 Å². The second-order valence-corrected chi connectivity index (χ2v) is 4.97. The Morgan fingerprint density at radius 1 is 1.60 bits per heavy atom. The number of nitrogens with one attached hydrogen (secondary N) is 2. The van der Waals surface area contributed by atoms with Crippen LogP contribution >= 0.6 is 11.8 Å². The van der Waals surface area contributed by atoms with Crippen LogP contribution in [0.5, 0.6) is 0 Å². The molecule has 1 saturated heterocycles. The number of rotatable bonds is 5. The molecule has 3 nitrogen and oxygen atoms in total. The minimum Gasteiger partial charge on any atom is -0.472 e. The summed E-state index contributed by atoms with van der Waals surface area (Å²) in [5, 5.41) is 6.96. The summed E-state index contributed by atoms with van der Waals surface area (Å²) in [5.41, 5.74) is 1.22. The first-order chi connectivity index (χ1) is 7.45. The molecule has 0 aromatic carbocycles. The van der Waals surface area contributed by atoms with Gasteiger partial charge in [0.05, 0.1) is 12.5 Å². The second-order valence-electron chi connectivity index (χ2n) is 3.82. The Morgan fingerprint density at radius 2 is 2.60 bits per heavy atom. The summed E-state index contributed by atoms with van der Waals surface area (Å²) in [6, 6.07) is 2.70. The molecule has 0 aliphatic carbocycles. The Morgan fingerprint density at radius 3 is 3.33 bits per heavy atom. The molecule has 2 heterocycles. The third kappa shape index (κ3) is 3.89. The van der Waals surface area contributed by atoms with Crippen LogP contribution in [0.2, 0.25) is 0 Å². The molecule has 84 valence electrons. The molecule has 0 bridgehead atoms. The van der Waals surface area contributed by atoms with Gasteiger partial charge < -0.3 is 15.1 Å². The summed E-state index contributed by atoms with van der Waals surface area (Å²) in [6.45, 7) is 3.15. The van der Waals surface area contributed by atoms with Crippen molar-refractivity contribution in [1.29, 1.82) is 0 Å². The molecule has 1 aliphatic rings. The van der Waals surface area contributed by atoms with Crippen LogP contribution in [0.3, 0.4) is 0 Å². The first-order valence-electron chi connectivity index (χ1n) is 5.48. The normalized spacial score (nSPS) is 21.7. The highest BCUT2D eigenvalue weighted by Crippen LogP contribution is 2.09. The van der Waals surface area contributed by atoms with Crippen molar-refractivity contribution < 1.29 is 4.42 Å². The Bertz CT molecular complexity index is 258. The maximum Gasteiger partial charge on any atom is 0.0947 e. The lowest BCUT2D eigenvalue weighted by Gasteiger charge is -2.23. The van der Waals surface area contributed by atoms with E-state index < -0.39 is 0 Å². The zero-order valence-corrected chi connectivity index (χ0v) is 9.69. The number of thioether (sulfide) groups is 1. The van der Waals surface area contributed by atoms with Crippen LogP contribution in [0, 0.1) is 0 Å². The summed E-state index contributed by atoms with van der Waals surface area (Å²) in [4.78, 5) is 0. The third-order valence-corrected chi connectivity index (χ3v) is 3.71. The van der Waals surface area contributed by atoms with Gasteiger partial charge in [0.1, 0.15) is 0 Å². The largest absolute Gasteiger partial charge is 0.472 e. The van der Waals surface area contributed by atoms with Crippen LogP contribution in [-0.4, -0.2) is 30.6 Å². The maximum absolute atomic E-state index is 5.01. The zero-order valence-electron chi connectivity index (χ0n) is 8.87. The van der Waals surface area contributed by atoms with Gasteiger partial charge in [0.2, 0.25) is 0 Å². The summed E-state index contributed by atoms with van der Waals surface area (Å²) in [7, 11) is 0. The van der Waals surface area contributed by atoms with Crippen molar-refractivity contribution in [3.05, 3.63) is 24.2 Å². The Balaban J connectivity index is 1.54. The van der Waals surface area contributed by atoms with E-state index in [1.807, 2.05) is 6.07 Å². The van der Waals surface area contributed by atoms with Crippen molar-refractivity contribution in [2.24, 2.45) is 0 Å². The Labute approximate surface area is 95.0 Å².